The van der Waals surface area contributed by atoms with Crippen LogP contribution in [0.1, 0.15) is 19.4 Å². The van der Waals surface area contributed by atoms with E-state index < -0.39 is 6.04 Å². The van der Waals surface area contributed by atoms with E-state index in [1.54, 1.807) is 0 Å². The van der Waals surface area contributed by atoms with Crippen molar-refractivity contribution >= 4 is 5.91 Å². The molecule has 16 heavy (non-hydrogen) atoms. The summed E-state index contributed by atoms with van der Waals surface area (Å²) in [5.74, 6) is 0.380. The molecular weight excluding hydrogens is 200 g/mol. The van der Waals surface area contributed by atoms with Crippen LogP contribution < -0.4 is 11.1 Å². The third-order valence-electron chi connectivity index (χ3n) is 2.32. The zero-order valence-electron chi connectivity index (χ0n) is 9.94. The van der Waals surface area contributed by atoms with Gasteiger partial charge in [0.2, 0.25) is 5.91 Å². The number of rotatable bonds is 5. The highest BCUT2D eigenvalue weighted by Crippen LogP contribution is 2.01. The van der Waals surface area contributed by atoms with Crippen LogP contribution in [0.4, 0.5) is 0 Å². The van der Waals surface area contributed by atoms with Crippen molar-refractivity contribution in [3.63, 3.8) is 0 Å². The lowest BCUT2D eigenvalue weighted by molar-refractivity contribution is -0.122. The Bertz CT molecular complexity index is 322. The molecule has 0 spiro atoms. The Hall–Kier alpha value is -1.35. The monoisotopic (exact) mass is 220 g/mol. The molecule has 1 rings (SSSR count). The average molecular weight is 220 g/mol. The third-order valence-corrected chi connectivity index (χ3v) is 2.32. The summed E-state index contributed by atoms with van der Waals surface area (Å²) in [6, 6.07) is 9.36. The topological polar surface area (TPSA) is 55.1 Å². The Morgan fingerprint density at radius 3 is 2.50 bits per heavy atom. The summed E-state index contributed by atoms with van der Waals surface area (Å²) in [6.45, 7) is 4.80. The lowest BCUT2D eigenvalue weighted by Gasteiger charge is -2.13. The van der Waals surface area contributed by atoms with Gasteiger partial charge in [0.15, 0.2) is 0 Å². The number of hydrogen-bond donors (Lipinski definition) is 2. The molecule has 3 N–H and O–H groups in total. The molecule has 3 nitrogen and oxygen atoms in total. The SMILES string of the molecule is CC(C)CNC(=O)C(N)Cc1ccccc1. The maximum absolute atomic E-state index is 11.6. The molecule has 0 saturated heterocycles. The number of nitrogens with two attached hydrogens (primary N) is 1. The van der Waals surface area contributed by atoms with Crippen LogP contribution in [0.2, 0.25) is 0 Å². The van der Waals surface area contributed by atoms with Crippen LogP contribution in [-0.4, -0.2) is 18.5 Å². The second kappa shape index (κ2) is 6.28. The molecular formula is C13H20N2O. The van der Waals surface area contributed by atoms with E-state index in [4.69, 9.17) is 5.73 Å². The van der Waals surface area contributed by atoms with E-state index in [2.05, 4.69) is 19.2 Å². The fraction of sp³-hybridized carbons (Fsp3) is 0.462. The first-order valence-corrected chi connectivity index (χ1v) is 5.67. The normalized spacial score (nSPS) is 12.5. The smallest absolute Gasteiger partial charge is 0.237 e. The molecule has 1 aromatic carbocycles. The fourth-order valence-electron chi connectivity index (χ4n) is 1.40. The van der Waals surface area contributed by atoms with Crippen LogP contribution in [0.5, 0.6) is 0 Å². The van der Waals surface area contributed by atoms with E-state index in [1.165, 1.54) is 0 Å². The second-order valence-corrected chi connectivity index (χ2v) is 4.44. The van der Waals surface area contributed by atoms with E-state index in [1.807, 2.05) is 30.3 Å². The highest BCUT2D eigenvalue weighted by molar-refractivity contribution is 5.81. The van der Waals surface area contributed by atoms with E-state index in [0.717, 1.165) is 5.56 Å². The maximum Gasteiger partial charge on any atom is 0.237 e. The minimum atomic E-state index is -0.457. The molecule has 0 aliphatic carbocycles. The van der Waals surface area contributed by atoms with Crippen molar-refractivity contribution in [2.45, 2.75) is 26.3 Å². The maximum atomic E-state index is 11.6. The zero-order chi connectivity index (χ0) is 12.0. The summed E-state index contributed by atoms with van der Waals surface area (Å²) in [5.41, 5.74) is 6.92. The Kier molecular flexibility index (Phi) is 4.99. The number of amides is 1. The molecule has 0 fully saturated rings. The first-order chi connectivity index (χ1) is 7.59. The van der Waals surface area contributed by atoms with Crippen LogP contribution >= 0.6 is 0 Å². The first kappa shape index (κ1) is 12.7. The lowest BCUT2D eigenvalue weighted by atomic mass is 10.1. The van der Waals surface area contributed by atoms with Crippen molar-refractivity contribution in [3.8, 4) is 0 Å². The van der Waals surface area contributed by atoms with Gasteiger partial charge in [-0.25, -0.2) is 0 Å². The molecule has 1 amide bonds. The van der Waals surface area contributed by atoms with Gasteiger partial charge in [-0.05, 0) is 17.9 Å². The Morgan fingerprint density at radius 2 is 1.94 bits per heavy atom. The molecule has 0 bridgehead atoms. The largest absolute Gasteiger partial charge is 0.354 e. The highest BCUT2D eigenvalue weighted by atomic mass is 16.2. The fourth-order valence-corrected chi connectivity index (χ4v) is 1.40. The summed E-state index contributed by atoms with van der Waals surface area (Å²) in [4.78, 5) is 11.6. The first-order valence-electron chi connectivity index (χ1n) is 5.67. The van der Waals surface area contributed by atoms with Gasteiger partial charge >= 0.3 is 0 Å². The number of carbonyl (C=O) groups is 1. The Morgan fingerprint density at radius 1 is 1.31 bits per heavy atom. The van der Waals surface area contributed by atoms with Gasteiger partial charge in [0, 0.05) is 6.54 Å². The van der Waals surface area contributed by atoms with Crippen LogP contribution in [0, 0.1) is 5.92 Å². The van der Waals surface area contributed by atoms with Crippen molar-refractivity contribution < 1.29 is 4.79 Å². The highest BCUT2D eigenvalue weighted by Gasteiger charge is 2.13. The Labute approximate surface area is 97.0 Å². The van der Waals surface area contributed by atoms with E-state index in [0.29, 0.717) is 18.9 Å². The van der Waals surface area contributed by atoms with E-state index in [9.17, 15) is 4.79 Å². The summed E-state index contributed by atoms with van der Waals surface area (Å²) < 4.78 is 0. The molecule has 0 aromatic heterocycles. The molecule has 3 heteroatoms. The second-order valence-electron chi connectivity index (χ2n) is 4.44. The van der Waals surface area contributed by atoms with E-state index in [-0.39, 0.29) is 5.91 Å². The lowest BCUT2D eigenvalue weighted by Crippen LogP contribution is -2.43. The molecule has 88 valence electrons. The van der Waals surface area contributed by atoms with Crippen molar-refractivity contribution in [2.75, 3.05) is 6.54 Å². The van der Waals surface area contributed by atoms with Gasteiger partial charge in [0.1, 0.15) is 0 Å². The number of benzene rings is 1. The van der Waals surface area contributed by atoms with Gasteiger partial charge in [0.25, 0.3) is 0 Å². The summed E-state index contributed by atoms with van der Waals surface area (Å²) >= 11 is 0. The number of hydrogen-bond acceptors (Lipinski definition) is 2. The quantitative estimate of drug-likeness (QED) is 0.786. The molecule has 0 aliphatic rings. The minimum absolute atomic E-state index is 0.0717. The predicted octanol–water partition coefficient (Wildman–Crippen LogP) is 1.33. The zero-order valence-corrected chi connectivity index (χ0v) is 9.94. The predicted molar refractivity (Wildman–Crippen MR) is 66.0 cm³/mol. The van der Waals surface area contributed by atoms with Crippen molar-refractivity contribution in [3.05, 3.63) is 35.9 Å². The summed E-state index contributed by atoms with van der Waals surface area (Å²) in [7, 11) is 0. The van der Waals surface area contributed by atoms with Crippen LogP contribution in [-0.2, 0) is 11.2 Å². The molecule has 1 atom stereocenters. The molecule has 0 heterocycles. The number of nitrogens with one attached hydrogen (secondary N) is 1. The van der Waals surface area contributed by atoms with Gasteiger partial charge in [-0.2, -0.15) is 0 Å². The van der Waals surface area contributed by atoms with Crippen molar-refractivity contribution in [2.24, 2.45) is 11.7 Å². The van der Waals surface area contributed by atoms with Crippen LogP contribution in [0.3, 0.4) is 0 Å². The molecule has 0 aliphatic heterocycles. The third kappa shape index (κ3) is 4.45. The average Bonchev–Trinajstić information content (AvgIpc) is 2.27. The summed E-state index contributed by atoms with van der Waals surface area (Å²) in [5, 5.41) is 2.84. The van der Waals surface area contributed by atoms with Gasteiger partial charge in [0.05, 0.1) is 6.04 Å². The molecule has 0 radical (unpaired) electrons. The van der Waals surface area contributed by atoms with Gasteiger partial charge < -0.3 is 11.1 Å². The van der Waals surface area contributed by atoms with Crippen molar-refractivity contribution in [1.29, 1.82) is 0 Å². The van der Waals surface area contributed by atoms with Gasteiger partial charge in [-0.15, -0.1) is 0 Å². The van der Waals surface area contributed by atoms with Gasteiger partial charge in [-0.3, -0.25) is 4.79 Å². The standard InChI is InChI=1S/C13H20N2O/c1-10(2)9-15-13(16)12(14)8-11-6-4-3-5-7-11/h3-7,10,12H,8-9,14H2,1-2H3,(H,15,16). The van der Waals surface area contributed by atoms with Gasteiger partial charge in [-0.1, -0.05) is 44.2 Å². The molecule has 1 aromatic rings. The van der Waals surface area contributed by atoms with Crippen molar-refractivity contribution in [1.82, 2.24) is 5.32 Å². The molecule has 1 unspecified atom stereocenters. The summed E-state index contributed by atoms with van der Waals surface area (Å²) in [6.07, 6.45) is 0.588. The van der Waals surface area contributed by atoms with Crippen LogP contribution in [0.25, 0.3) is 0 Å². The Balaban J connectivity index is 2.40. The number of carbonyl (C=O) groups excluding carboxylic acids is 1. The molecule has 0 saturated carbocycles. The minimum Gasteiger partial charge on any atom is -0.354 e. The van der Waals surface area contributed by atoms with Crippen LogP contribution in [0.15, 0.2) is 30.3 Å². The van der Waals surface area contributed by atoms with E-state index >= 15 is 0 Å².